The Balaban J connectivity index is 2.25. The Morgan fingerprint density at radius 1 is 1.29 bits per heavy atom. The van der Waals surface area contributed by atoms with Gasteiger partial charge in [-0.25, -0.2) is 0 Å². The van der Waals surface area contributed by atoms with Gasteiger partial charge in [-0.1, -0.05) is 30.1 Å². The van der Waals surface area contributed by atoms with Gasteiger partial charge in [0.15, 0.2) is 0 Å². The molecule has 0 saturated carbocycles. The molecule has 5 unspecified atom stereocenters. The molecule has 5 atom stereocenters. The number of aliphatic hydroxyl groups is 1. The number of hydrogen-bond acceptors (Lipinski definition) is 3. The Kier molecular flexibility index (Phi) is 4.06. The molecule has 1 fully saturated rings. The summed E-state index contributed by atoms with van der Waals surface area (Å²) in [5.74, 6) is 0.364. The molecule has 1 aromatic rings. The standard InChI is InChI=1S/C12H16Cl2O2S/c1-5-6(2)16-7(3)10(5)11(15)8-4-9(13)17-12(8)14/h4-7,10-11,15H,1-3H3. The van der Waals surface area contributed by atoms with E-state index in [1.807, 2.05) is 13.8 Å². The number of aliphatic hydroxyl groups excluding tert-OH is 1. The van der Waals surface area contributed by atoms with E-state index in [0.717, 1.165) is 5.56 Å². The van der Waals surface area contributed by atoms with E-state index < -0.39 is 6.10 Å². The molecule has 1 aliphatic rings. The molecule has 0 aliphatic carbocycles. The first-order chi connectivity index (χ1) is 7.91. The molecule has 0 amide bonds. The third kappa shape index (κ3) is 2.49. The highest BCUT2D eigenvalue weighted by atomic mass is 35.5. The average molecular weight is 295 g/mol. The van der Waals surface area contributed by atoms with E-state index in [0.29, 0.717) is 14.6 Å². The first kappa shape index (κ1) is 13.6. The summed E-state index contributed by atoms with van der Waals surface area (Å²) in [6, 6.07) is 1.75. The molecule has 0 spiro atoms. The van der Waals surface area contributed by atoms with Gasteiger partial charge in [-0.05, 0) is 25.8 Å². The zero-order valence-electron chi connectivity index (χ0n) is 9.98. The summed E-state index contributed by atoms with van der Waals surface area (Å²) < 4.78 is 6.92. The third-order valence-corrected chi connectivity index (χ3v) is 5.20. The second-order valence-corrected chi connectivity index (χ2v) is 6.99. The first-order valence-electron chi connectivity index (χ1n) is 5.70. The van der Waals surface area contributed by atoms with E-state index in [-0.39, 0.29) is 18.1 Å². The summed E-state index contributed by atoms with van der Waals surface area (Å²) in [6.45, 7) is 6.13. The highest BCUT2D eigenvalue weighted by molar-refractivity contribution is 7.20. The molecule has 1 saturated heterocycles. The minimum absolute atomic E-state index is 0.0322. The SMILES string of the molecule is CC1OC(C)C(C(O)c2cc(Cl)sc2Cl)C1C. The van der Waals surface area contributed by atoms with E-state index in [4.69, 9.17) is 27.9 Å². The van der Waals surface area contributed by atoms with Crippen molar-refractivity contribution >= 4 is 34.5 Å². The highest BCUT2D eigenvalue weighted by Crippen LogP contribution is 2.44. The Labute approximate surface area is 115 Å². The van der Waals surface area contributed by atoms with Crippen LogP contribution < -0.4 is 0 Å². The maximum Gasteiger partial charge on any atom is 0.100 e. The van der Waals surface area contributed by atoms with Crippen LogP contribution in [0.15, 0.2) is 6.07 Å². The lowest BCUT2D eigenvalue weighted by atomic mass is 9.83. The molecule has 2 rings (SSSR count). The van der Waals surface area contributed by atoms with Crippen molar-refractivity contribution < 1.29 is 9.84 Å². The van der Waals surface area contributed by atoms with Gasteiger partial charge >= 0.3 is 0 Å². The highest BCUT2D eigenvalue weighted by Gasteiger charge is 2.42. The molecular weight excluding hydrogens is 279 g/mol. The van der Waals surface area contributed by atoms with Crippen molar-refractivity contribution in [2.45, 2.75) is 39.1 Å². The van der Waals surface area contributed by atoms with Gasteiger partial charge in [-0.2, -0.15) is 0 Å². The molecular formula is C12H16Cl2O2S. The maximum absolute atomic E-state index is 10.5. The van der Waals surface area contributed by atoms with Gasteiger partial charge in [0, 0.05) is 11.5 Å². The average Bonchev–Trinajstić information content (AvgIpc) is 2.68. The van der Waals surface area contributed by atoms with Gasteiger partial charge in [0.25, 0.3) is 0 Å². The minimum atomic E-state index is -0.610. The first-order valence-corrected chi connectivity index (χ1v) is 7.27. The van der Waals surface area contributed by atoms with Gasteiger partial charge in [-0.3, -0.25) is 0 Å². The van der Waals surface area contributed by atoms with E-state index in [2.05, 4.69) is 6.92 Å². The molecule has 0 aromatic carbocycles. The predicted molar refractivity (Wildman–Crippen MR) is 72.0 cm³/mol. The van der Waals surface area contributed by atoms with E-state index in [1.165, 1.54) is 11.3 Å². The van der Waals surface area contributed by atoms with Crippen LogP contribution in [0.25, 0.3) is 0 Å². The molecule has 96 valence electrons. The van der Waals surface area contributed by atoms with Gasteiger partial charge in [-0.15, -0.1) is 11.3 Å². The van der Waals surface area contributed by atoms with Crippen molar-refractivity contribution in [3.63, 3.8) is 0 Å². The summed E-state index contributed by atoms with van der Waals surface area (Å²) in [5.41, 5.74) is 0.725. The van der Waals surface area contributed by atoms with Crippen LogP contribution in [0.4, 0.5) is 0 Å². The smallest absolute Gasteiger partial charge is 0.100 e. The Morgan fingerprint density at radius 2 is 1.94 bits per heavy atom. The summed E-state index contributed by atoms with van der Waals surface area (Å²) >= 11 is 13.3. The van der Waals surface area contributed by atoms with E-state index >= 15 is 0 Å². The van der Waals surface area contributed by atoms with Crippen molar-refractivity contribution in [2.24, 2.45) is 11.8 Å². The summed E-state index contributed by atoms with van der Waals surface area (Å²) in [4.78, 5) is 0. The molecule has 2 heterocycles. The predicted octanol–water partition coefficient (Wildman–Crippen LogP) is 4.15. The van der Waals surface area contributed by atoms with Crippen LogP contribution in [0.5, 0.6) is 0 Å². The number of halogens is 2. The summed E-state index contributed by atoms with van der Waals surface area (Å²) in [7, 11) is 0. The molecule has 0 bridgehead atoms. The third-order valence-electron chi connectivity index (χ3n) is 3.69. The van der Waals surface area contributed by atoms with Crippen molar-refractivity contribution in [1.82, 2.24) is 0 Å². The Hall–Kier alpha value is 0.200. The quantitative estimate of drug-likeness (QED) is 0.888. The summed E-state index contributed by atoms with van der Waals surface area (Å²) in [6.07, 6.45) is -0.413. The fourth-order valence-electron chi connectivity index (χ4n) is 2.60. The zero-order chi connectivity index (χ0) is 12.7. The van der Waals surface area contributed by atoms with Crippen LogP contribution in [0, 0.1) is 11.8 Å². The van der Waals surface area contributed by atoms with Gasteiger partial charge < -0.3 is 9.84 Å². The van der Waals surface area contributed by atoms with Gasteiger partial charge in [0.1, 0.15) is 4.34 Å². The van der Waals surface area contributed by atoms with Crippen molar-refractivity contribution in [3.05, 3.63) is 20.3 Å². The van der Waals surface area contributed by atoms with Crippen molar-refractivity contribution in [3.8, 4) is 0 Å². The van der Waals surface area contributed by atoms with Crippen LogP contribution >= 0.6 is 34.5 Å². The Morgan fingerprint density at radius 3 is 2.35 bits per heavy atom. The lowest BCUT2D eigenvalue weighted by Crippen LogP contribution is -2.24. The molecule has 1 N–H and O–H groups in total. The van der Waals surface area contributed by atoms with Crippen LogP contribution in [-0.4, -0.2) is 17.3 Å². The lowest BCUT2D eigenvalue weighted by molar-refractivity contribution is 0.0233. The van der Waals surface area contributed by atoms with E-state index in [1.54, 1.807) is 6.07 Å². The van der Waals surface area contributed by atoms with Crippen LogP contribution in [-0.2, 0) is 4.74 Å². The topological polar surface area (TPSA) is 29.5 Å². The molecule has 0 radical (unpaired) electrons. The maximum atomic E-state index is 10.5. The normalized spacial score (nSPS) is 35.2. The number of ether oxygens (including phenoxy) is 1. The van der Waals surface area contributed by atoms with Crippen molar-refractivity contribution in [2.75, 3.05) is 0 Å². The monoisotopic (exact) mass is 294 g/mol. The number of rotatable bonds is 2. The second kappa shape index (κ2) is 5.06. The van der Waals surface area contributed by atoms with Gasteiger partial charge in [0.2, 0.25) is 0 Å². The fourth-order valence-corrected chi connectivity index (χ4v) is 4.14. The van der Waals surface area contributed by atoms with Crippen LogP contribution in [0.2, 0.25) is 8.67 Å². The second-order valence-electron chi connectivity index (χ2n) is 4.71. The molecule has 1 aromatic heterocycles. The van der Waals surface area contributed by atoms with Crippen LogP contribution in [0.1, 0.15) is 32.4 Å². The summed E-state index contributed by atoms with van der Waals surface area (Å²) in [5, 5.41) is 10.5. The largest absolute Gasteiger partial charge is 0.388 e. The fraction of sp³-hybridized carbons (Fsp3) is 0.667. The Bertz CT molecular complexity index is 407. The molecule has 5 heteroatoms. The van der Waals surface area contributed by atoms with Gasteiger partial charge in [0.05, 0.1) is 22.6 Å². The molecule has 17 heavy (non-hydrogen) atoms. The van der Waals surface area contributed by atoms with Crippen molar-refractivity contribution in [1.29, 1.82) is 0 Å². The molecule has 1 aliphatic heterocycles. The number of hydrogen-bond donors (Lipinski definition) is 1. The molecule has 2 nitrogen and oxygen atoms in total. The zero-order valence-corrected chi connectivity index (χ0v) is 12.3. The number of thiophene rings is 1. The lowest BCUT2D eigenvalue weighted by Gasteiger charge is -2.24. The minimum Gasteiger partial charge on any atom is -0.388 e. The van der Waals surface area contributed by atoms with E-state index in [9.17, 15) is 5.11 Å². The van der Waals surface area contributed by atoms with Crippen LogP contribution in [0.3, 0.4) is 0 Å².